The molecule has 4 heteroatoms. The van der Waals surface area contributed by atoms with E-state index in [-0.39, 0.29) is 0 Å². The third-order valence-electron chi connectivity index (χ3n) is 6.42. The van der Waals surface area contributed by atoms with E-state index in [2.05, 4.69) is 25.1 Å². The second-order valence-electron chi connectivity index (χ2n) is 9.30. The molecule has 1 aliphatic rings. The number of aryl methyl sites for hydroxylation is 3. The van der Waals surface area contributed by atoms with E-state index < -0.39 is 22.8 Å². The van der Waals surface area contributed by atoms with Crippen LogP contribution in [0.25, 0.3) is 0 Å². The highest BCUT2D eigenvalue weighted by atomic mass is 16.4. The molecule has 0 amide bonds. The van der Waals surface area contributed by atoms with Crippen LogP contribution in [0.2, 0.25) is 0 Å². The average molecular weight is 389 g/mol. The zero-order valence-corrected chi connectivity index (χ0v) is 17.7. The lowest BCUT2D eigenvalue weighted by Crippen LogP contribution is -2.23. The Morgan fingerprint density at radius 2 is 1.68 bits per heavy atom. The molecule has 1 aromatic rings. The van der Waals surface area contributed by atoms with E-state index in [1.54, 1.807) is 13.8 Å². The van der Waals surface area contributed by atoms with Crippen LogP contribution >= 0.6 is 0 Å². The zero-order valence-electron chi connectivity index (χ0n) is 17.7. The lowest BCUT2D eigenvalue weighted by Gasteiger charge is -2.18. The van der Waals surface area contributed by atoms with Gasteiger partial charge in [-0.2, -0.15) is 0 Å². The van der Waals surface area contributed by atoms with Gasteiger partial charge in [0.2, 0.25) is 0 Å². The zero-order chi connectivity index (χ0) is 20.8. The number of carboxylic acids is 2. The topological polar surface area (TPSA) is 74.6 Å². The van der Waals surface area contributed by atoms with Crippen molar-refractivity contribution in [3.63, 3.8) is 0 Å². The Hall–Kier alpha value is -1.84. The van der Waals surface area contributed by atoms with Crippen LogP contribution in [0.5, 0.6) is 0 Å². The van der Waals surface area contributed by atoms with Gasteiger partial charge in [0.05, 0.1) is 10.8 Å². The molecule has 0 unspecified atom stereocenters. The number of unbranched alkanes of at least 4 members (excludes halogenated alkanes) is 3. The van der Waals surface area contributed by atoms with Crippen molar-refractivity contribution in [3.05, 3.63) is 34.9 Å². The molecule has 2 N–H and O–H groups in total. The number of carbonyl (C=O) groups is 2. The molecule has 0 spiro atoms. The van der Waals surface area contributed by atoms with Crippen LogP contribution in [0.3, 0.4) is 0 Å². The largest absolute Gasteiger partial charge is 0.481 e. The molecule has 1 saturated carbocycles. The lowest BCUT2D eigenvalue weighted by atomic mass is 9.87. The fourth-order valence-electron chi connectivity index (χ4n) is 3.83. The van der Waals surface area contributed by atoms with Gasteiger partial charge < -0.3 is 10.2 Å². The molecule has 156 valence electrons. The first-order valence-corrected chi connectivity index (χ1v) is 10.7. The molecule has 0 bridgehead atoms. The summed E-state index contributed by atoms with van der Waals surface area (Å²) in [7, 11) is 0. The quantitative estimate of drug-likeness (QED) is 0.420. The first-order chi connectivity index (χ1) is 13.2. The van der Waals surface area contributed by atoms with Crippen molar-refractivity contribution in [2.45, 2.75) is 91.4 Å². The van der Waals surface area contributed by atoms with Crippen molar-refractivity contribution < 1.29 is 19.8 Å². The Morgan fingerprint density at radius 1 is 1.00 bits per heavy atom. The van der Waals surface area contributed by atoms with Crippen molar-refractivity contribution in [2.75, 3.05) is 0 Å². The first kappa shape index (κ1) is 22.4. The summed E-state index contributed by atoms with van der Waals surface area (Å²) in [6.07, 6.45) is 10.4. The van der Waals surface area contributed by atoms with E-state index in [0.29, 0.717) is 0 Å². The summed E-state index contributed by atoms with van der Waals surface area (Å²) >= 11 is 0. The van der Waals surface area contributed by atoms with Crippen LogP contribution in [-0.4, -0.2) is 22.2 Å². The van der Waals surface area contributed by atoms with Crippen molar-refractivity contribution >= 4 is 11.9 Å². The summed E-state index contributed by atoms with van der Waals surface area (Å²) in [4.78, 5) is 22.4. The SMILES string of the molecule is Cc1ccc(CCCCCC(C)(C)C(=O)O)cc1CCCCC1(C(=O)O)CC1. The molecule has 0 saturated heterocycles. The van der Waals surface area contributed by atoms with Gasteiger partial charge in [0.1, 0.15) is 0 Å². The first-order valence-electron chi connectivity index (χ1n) is 10.7. The molecule has 1 aliphatic carbocycles. The molecule has 0 aromatic heterocycles. The molecule has 0 atom stereocenters. The van der Waals surface area contributed by atoms with Gasteiger partial charge in [-0.15, -0.1) is 0 Å². The van der Waals surface area contributed by atoms with Gasteiger partial charge in [-0.25, -0.2) is 0 Å². The van der Waals surface area contributed by atoms with Crippen LogP contribution in [0, 0.1) is 17.8 Å². The van der Waals surface area contributed by atoms with Crippen molar-refractivity contribution in [3.8, 4) is 0 Å². The standard InChI is InChI=1S/C24H36O4/c1-18-11-12-19(9-5-4-7-13-23(2,3)21(25)26)17-20(18)10-6-8-14-24(15-16-24)22(27)28/h11-12,17H,4-10,13-16H2,1-3H3,(H,25,26)(H,27,28). The third-order valence-corrected chi connectivity index (χ3v) is 6.42. The van der Waals surface area contributed by atoms with Crippen molar-refractivity contribution in [1.82, 2.24) is 0 Å². The van der Waals surface area contributed by atoms with Gasteiger partial charge in [-0.3, -0.25) is 9.59 Å². The summed E-state index contributed by atoms with van der Waals surface area (Å²) in [6, 6.07) is 6.70. The van der Waals surface area contributed by atoms with Gasteiger partial charge in [-0.1, -0.05) is 37.5 Å². The summed E-state index contributed by atoms with van der Waals surface area (Å²) in [5.41, 5.74) is 3.02. The Kier molecular flexibility index (Phi) is 7.68. The van der Waals surface area contributed by atoms with Gasteiger partial charge in [0.15, 0.2) is 0 Å². The van der Waals surface area contributed by atoms with E-state index in [1.807, 2.05) is 0 Å². The van der Waals surface area contributed by atoms with Gasteiger partial charge in [0.25, 0.3) is 0 Å². The molecule has 4 nitrogen and oxygen atoms in total. The summed E-state index contributed by atoms with van der Waals surface area (Å²) in [5.74, 6) is -1.33. The van der Waals surface area contributed by atoms with Crippen LogP contribution in [0.15, 0.2) is 18.2 Å². The minimum atomic E-state index is -0.716. The maximum atomic E-state index is 11.3. The second kappa shape index (κ2) is 9.58. The highest BCUT2D eigenvalue weighted by molar-refractivity contribution is 5.77. The molecule has 1 aromatic carbocycles. The molecular formula is C24H36O4. The maximum Gasteiger partial charge on any atom is 0.309 e. The fourth-order valence-corrected chi connectivity index (χ4v) is 3.83. The van der Waals surface area contributed by atoms with Crippen LogP contribution < -0.4 is 0 Å². The lowest BCUT2D eigenvalue weighted by molar-refractivity contribution is -0.147. The number of aliphatic carboxylic acids is 2. The van der Waals surface area contributed by atoms with Crippen LogP contribution in [0.4, 0.5) is 0 Å². The predicted octanol–water partition coefficient (Wildman–Crippen LogP) is 5.79. The predicted molar refractivity (Wildman–Crippen MR) is 112 cm³/mol. The third kappa shape index (κ3) is 6.35. The number of rotatable bonds is 13. The van der Waals surface area contributed by atoms with Crippen LogP contribution in [-0.2, 0) is 22.4 Å². The van der Waals surface area contributed by atoms with Gasteiger partial charge in [0, 0.05) is 0 Å². The number of benzene rings is 1. The van der Waals surface area contributed by atoms with E-state index in [9.17, 15) is 14.7 Å². The monoisotopic (exact) mass is 388 g/mol. The fraction of sp³-hybridized carbons (Fsp3) is 0.667. The molecule has 1 fully saturated rings. The van der Waals surface area contributed by atoms with Crippen LogP contribution in [0.1, 0.15) is 88.3 Å². The normalized spacial score (nSPS) is 15.4. The Bertz CT molecular complexity index is 686. The average Bonchev–Trinajstić information content (AvgIpc) is 3.41. The minimum absolute atomic E-state index is 0.397. The second-order valence-corrected chi connectivity index (χ2v) is 9.30. The summed E-state index contributed by atoms with van der Waals surface area (Å²) in [6.45, 7) is 5.74. The molecule has 0 radical (unpaired) electrons. The maximum absolute atomic E-state index is 11.3. The summed E-state index contributed by atoms with van der Waals surface area (Å²) in [5, 5.41) is 18.4. The Balaban J connectivity index is 1.72. The summed E-state index contributed by atoms with van der Waals surface area (Å²) < 4.78 is 0. The smallest absolute Gasteiger partial charge is 0.309 e. The van der Waals surface area contributed by atoms with E-state index in [4.69, 9.17) is 5.11 Å². The van der Waals surface area contributed by atoms with E-state index in [0.717, 1.165) is 70.6 Å². The molecule has 0 heterocycles. The number of hydrogen-bond donors (Lipinski definition) is 2. The Labute approximate surface area is 169 Å². The Morgan fingerprint density at radius 3 is 2.29 bits per heavy atom. The van der Waals surface area contributed by atoms with Gasteiger partial charge in [-0.05, 0) is 88.8 Å². The van der Waals surface area contributed by atoms with Crippen molar-refractivity contribution in [2.24, 2.45) is 10.8 Å². The highest BCUT2D eigenvalue weighted by Gasteiger charge is 2.49. The molecule has 2 rings (SSSR count). The van der Waals surface area contributed by atoms with E-state index >= 15 is 0 Å². The van der Waals surface area contributed by atoms with E-state index in [1.165, 1.54) is 16.7 Å². The highest BCUT2D eigenvalue weighted by Crippen LogP contribution is 2.50. The molecule has 28 heavy (non-hydrogen) atoms. The number of hydrogen-bond acceptors (Lipinski definition) is 2. The van der Waals surface area contributed by atoms with Gasteiger partial charge >= 0.3 is 11.9 Å². The molecular weight excluding hydrogens is 352 g/mol. The van der Waals surface area contributed by atoms with Crippen molar-refractivity contribution in [1.29, 1.82) is 0 Å². The number of carboxylic acid groups (broad SMARTS) is 2. The molecule has 0 aliphatic heterocycles. The minimum Gasteiger partial charge on any atom is -0.481 e.